The van der Waals surface area contributed by atoms with Gasteiger partial charge in [-0.15, -0.1) is 0 Å². The van der Waals surface area contributed by atoms with Crippen LogP contribution in [0.3, 0.4) is 0 Å². The number of hydrogen-bond donors (Lipinski definition) is 2. The average molecular weight is 242 g/mol. The molecule has 0 amide bonds. The van der Waals surface area contributed by atoms with E-state index in [1.807, 2.05) is 30.3 Å². The van der Waals surface area contributed by atoms with Crippen LogP contribution in [0.25, 0.3) is 11.4 Å². The van der Waals surface area contributed by atoms with Gasteiger partial charge in [-0.3, -0.25) is 5.10 Å². The highest BCUT2D eigenvalue weighted by Crippen LogP contribution is 2.33. The molecule has 1 fully saturated rings. The van der Waals surface area contributed by atoms with Gasteiger partial charge in [-0.1, -0.05) is 49.6 Å². The molecule has 18 heavy (non-hydrogen) atoms. The summed E-state index contributed by atoms with van der Waals surface area (Å²) in [4.78, 5) is 4.58. The summed E-state index contributed by atoms with van der Waals surface area (Å²) in [5.41, 5.74) is 7.16. The number of H-pyrrole nitrogens is 1. The van der Waals surface area contributed by atoms with Crippen molar-refractivity contribution in [2.45, 2.75) is 37.6 Å². The number of rotatable bonds is 2. The first kappa shape index (κ1) is 11.4. The summed E-state index contributed by atoms with van der Waals surface area (Å²) in [7, 11) is 0. The van der Waals surface area contributed by atoms with E-state index >= 15 is 0 Å². The fraction of sp³-hybridized carbons (Fsp3) is 0.429. The van der Waals surface area contributed by atoms with Gasteiger partial charge in [-0.05, 0) is 12.8 Å². The third kappa shape index (κ3) is 2.04. The van der Waals surface area contributed by atoms with E-state index in [0.29, 0.717) is 0 Å². The molecule has 3 rings (SSSR count). The van der Waals surface area contributed by atoms with Crippen LogP contribution >= 0.6 is 0 Å². The molecule has 4 nitrogen and oxygen atoms in total. The summed E-state index contributed by atoms with van der Waals surface area (Å²) in [6.07, 6.45) is 5.63. The molecule has 3 N–H and O–H groups in total. The topological polar surface area (TPSA) is 67.6 Å². The van der Waals surface area contributed by atoms with E-state index in [4.69, 9.17) is 5.73 Å². The van der Waals surface area contributed by atoms with Gasteiger partial charge in [0, 0.05) is 5.56 Å². The molecule has 1 aliphatic rings. The van der Waals surface area contributed by atoms with Crippen molar-refractivity contribution in [1.82, 2.24) is 15.2 Å². The van der Waals surface area contributed by atoms with Gasteiger partial charge in [-0.25, -0.2) is 4.98 Å². The largest absolute Gasteiger partial charge is 0.319 e. The molecule has 0 unspecified atom stereocenters. The predicted octanol–water partition coefficient (Wildman–Crippen LogP) is 2.59. The van der Waals surface area contributed by atoms with Crippen molar-refractivity contribution in [3.63, 3.8) is 0 Å². The Labute approximate surface area is 107 Å². The molecular formula is C14H18N4. The molecule has 1 heterocycles. The molecule has 0 bridgehead atoms. The van der Waals surface area contributed by atoms with Crippen molar-refractivity contribution in [3.8, 4) is 11.4 Å². The molecule has 94 valence electrons. The lowest BCUT2D eigenvalue weighted by atomic mass is 9.82. The minimum atomic E-state index is -0.307. The van der Waals surface area contributed by atoms with Crippen LogP contribution in [-0.2, 0) is 5.54 Å². The third-order valence-corrected chi connectivity index (χ3v) is 3.73. The zero-order valence-electron chi connectivity index (χ0n) is 10.4. The predicted molar refractivity (Wildman–Crippen MR) is 70.8 cm³/mol. The molecule has 1 aliphatic carbocycles. The number of nitrogens with one attached hydrogen (secondary N) is 1. The molecule has 1 aromatic heterocycles. The van der Waals surface area contributed by atoms with E-state index < -0.39 is 0 Å². The van der Waals surface area contributed by atoms with Gasteiger partial charge in [0.25, 0.3) is 0 Å². The SMILES string of the molecule is NC1(c2nc(-c3ccccc3)n[nH]2)CCCCC1. The molecule has 0 aliphatic heterocycles. The molecule has 2 aromatic rings. The van der Waals surface area contributed by atoms with Crippen LogP contribution in [0, 0.1) is 0 Å². The Morgan fingerprint density at radius 1 is 1.06 bits per heavy atom. The fourth-order valence-electron chi connectivity index (χ4n) is 2.62. The normalized spacial score (nSPS) is 18.7. The first-order chi connectivity index (χ1) is 8.78. The minimum Gasteiger partial charge on any atom is -0.319 e. The van der Waals surface area contributed by atoms with E-state index in [1.165, 1.54) is 19.3 Å². The Morgan fingerprint density at radius 2 is 1.78 bits per heavy atom. The van der Waals surface area contributed by atoms with Crippen LogP contribution in [0.5, 0.6) is 0 Å². The van der Waals surface area contributed by atoms with Crippen molar-refractivity contribution in [2.75, 3.05) is 0 Å². The van der Waals surface area contributed by atoms with E-state index in [1.54, 1.807) is 0 Å². The molecule has 0 spiro atoms. The van der Waals surface area contributed by atoms with Gasteiger partial charge in [0.1, 0.15) is 5.82 Å². The van der Waals surface area contributed by atoms with Crippen LogP contribution in [0.2, 0.25) is 0 Å². The lowest BCUT2D eigenvalue weighted by Gasteiger charge is -2.30. The smallest absolute Gasteiger partial charge is 0.181 e. The maximum absolute atomic E-state index is 6.44. The standard InChI is InChI=1S/C14H18N4/c15-14(9-5-2-6-10-14)13-16-12(17-18-13)11-7-3-1-4-8-11/h1,3-4,7-8H,2,5-6,9-10,15H2,(H,16,17,18). The Hall–Kier alpha value is -1.68. The first-order valence-electron chi connectivity index (χ1n) is 6.55. The van der Waals surface area contributed by atoms with Crippen molar-refractivity contribution in [2.24, 2.45) is 5.73 Å². The lowest BCUT2D eigenvalue weighted by molar-refractivity contribution is 0.288. The molecule has 0 atom stereocenters. The van der Waals surface area contributed by atoms with Crippen LogP contribution in [-0.4, -0.2) is 15.2 Å². The molecular weight excluding hydrogens is 224 g/mol. The van der Waals surface area contributed by atoms with Crippen molar-refractivity contribution in [3.05, 3.63) is 36.2 Å². The number of nitrogens with zero attached hydrogens (tertiary/aromatic N) is 2. The van der Waals surface area contributed by atoms with Crippen molar-refractivity contribution >= 4 is 0 Å². The first-order valence-corrected chi connectivity index (χ1v) is 6.55. The van der Waals surface area contributed by atoms with Gasteiger partial charge in [0.05, 0.1) is 5.54 Å². The molecule has 0 radical (unpaired) electrons. The highest BCUT2D eigenvalue weighted by Gasteiger charge is 2.32. The summed E-state index contributed by atoms with van der Waals surface area (Å²) in [6, 6.07) is 9.99. The minimum absolute atomic E-state index is 0.307. The fourth-order valence-corrected chi connectivity index (χ4v) is 2.62. The highest BCUT2D eigenvalue weighted by molar-refractivity contribution is 5.54. The number of aromatic nitrogens is 3. The highest BCUT2D eigenvalue weighted by atomic mass is 15.2. The zero-order valence-corrected chi connectivity index (χ0v) is 10.4. The van der Waals surface area contributed by atoms with Crippen molar-refractivity contribution < 1.29 is 0 Å². The van der Waals surface area contributed by atoms with Crippen LogP contribution in [0.15, 0.2) is 30.3 Å². The van der Waals surface area contributed by atoms with Crippen LogP contribution < -0.4 is 5.73 Å². The molecule has 1 aromatic carbocycles. The number of aromatic amines is 1. The number of benzene rings is 1. The van der Waals surface area contributed by atoms with E-state index in [-0.39, 0.29) is 5.54 Å². The Bertz CT molecular complexity index is 512. The van der Waals surface area contributed by atoms with Crippen molar-refractivity contribution in [1.29, 1.82) is 0 Å². The monoisotopic (exact) mass is 242 g/mol. The third-order valence-electron chi connectivity index (χ3n) is 3.73. The lowest BCUT2D eigenvalue weighted by Crippen LogP contribution is -2.39. The molecule has 1 saturated carbocycles. The second-order valence-corrected chi connectivity index (χ2v) is 5.09. The summed E-state index contributed by atoms with van der Waals surface area (Å²) in [5, 5.41) is 7.32. The second-order valence-electron chi connectivity index (χ2n) is 5.09. The maximum atomic E-state index is 6.44. The van der Waals surface area contributed by atoms with E-state index in [0.717, 1.165) is 30.1 Å². The summed E-state index contributed by atoms with van der Waals surface area (Å²) < 4.78 is 0. The van der Waals surface area contributed by atoms with Gasteiger partial charge in [-0.2, -0.15) is 5.10 Å². The molecule has 4 heteroatoms. The van der Waals surface area contributed by atoms with Gasteiger partial charge in [0.15, 0.2) is 5.82 Å². The van der Waals surface area contributed by atoms with Gasteiger partial charge < -0.3 is 5.73 Å². The quantitative estimate of drug-likeness (QED) is 0.850. The zero-order chi connectivity index (χ0) is 12.4. The summed E-state index contributed by atoms with van der Waals surface area (Å²) >= 11 is 0. The van der Waals surface area contributed by atoms with Crippen LogP contribution in [0.1, 0.15) is 37.9 Å². The van der Waals surface area contributed by atoms with E-state index in [9.17, 15) is 0 Å². The van der Waals surface area contributed by atoms with Gasteiger partial charge >= 0.3 is 0 Å². The average Bonchev–Trinajstić information content (AvgIpc) is 2.91. The van der Waals surface area contributed by atoms with Gasteiger partial charge in [0.2, 0.25) is 0 Å². The summed E-state index contributed by atoms with van der Waals surface area (Å²) in [6.45, 7) is 0. The Kier molecular flexibility index (Phi) is 2.88. The summed E-state index contributed by atoms with van der Waals surface area (Å²) in [5.74, 6) is 1.57. The molecule has 0 saturated heterocycles. The number of hydrogen-bond acceptors (Lipinski definition) is 3. The Morgan fingerprint density at radius 3 is 2.50 bits per heavy atom. The maximum Gasteiger partial charge on any atom is 0.181 e. The Balaban J connectivity index is 1.89. The number of nitrogens with two attached hydrogens (primary N) is 1. The van der Waals surface area contributed by atoms with E-state index in [2.05, 4.69) is 15.2 Å². The second kappa shape index (κ2) is 4.53. The van der Waals surface area contributed by atoms with Crippen LogP contribution in [0.4, 0.5) is 0 Å².